The summed E-state index contributed by atoms with van der Waals surface area (Å²) in [5, 5.41) is 8.44. The number of allylic oxidation sites excluding steroid dienone is 1. The van der Waals surface area contributed by atoms with Crippen molar-refractivity contribution in [3.8, 4) is 0 Å². The minimum absolute atomic E-state index is 0.0369. The molecule has 1 amide bonds. The third-order valence-electron chi connectivity index (χ3n) is 7.35. The summed E-state index contributed by atoms with van der Waals surface area (Å²) < 4.78 is 14.8. The molecular formula is C28H34ClFN8O2. The van der Waals surface area contributed by atoms with Crippen molar-refractivity contribution in [2.45, 2.75) is 6.42 Å². The molecule has 2 aromatic rings. The molecule has 1 aromatic heterocycles. The molecule has 12 heteroatoms. The summed E-state index contributed by atoms with van der Waals surface area (Å²) in [5.74, 6) is 0.657. The van der Waals surface area contributed by atoms with Crippen molar-refractivity contribution in [1.82, 2.24) is 30.1 Å². The van der Waals surface area contributed by atoms with Gasteiger partial charge in [-0.15, -0.1) is 0 Å². The molecule has 4 heterocycles. The highest BCUT2D eigenvalue weighted by atomic mass is 35.5. The predicted octanol–water partition coefficient (Wildman–Crippen LogP) is 2.65. The number of halogens is 2. The lowest BCUT2D eigenvalue weighted by atomic mass is 10.0. The second-order valence-electron chi connectivity index (χ2n) is 10.4. The second kappa shape index (κ2) is 12.2. The van der Waals surface area contributed by atoms with E-state index in [4.69, 9.17) is 11.6 Å². The minimum Gasteiger partial charge on any atom is -0.354 e. The molecule has 40 heavy (non-hydrogen) atoms. The maximum absolute atomic E-state index is 14.8. The van der Waals surface area contributed by atoms with E-state index in [1.165, 1.54) is 12.1 Å². The van der Waals surface area contributed by atoms with E-state index in [2.05, 4.69) is 37.9 Å². The lowest BCUT2D eigenvalue weighted by Gasteiger charge is -2.44. The largest absolute Gasteiger partial charge is 0.354 e. The maximum Gasteiger partial charge on any atom is 0.226 e. The molecule has 0 aliphatic carbocycles. The third-order valence-corrected chi connectivity index (χ3v) is 7.59. The summed E-state index contributed by atoms with van der Waals surface area (Å²) in [5.41, 5.74) is 5.60. The third kappa shape index (κ3) is 6.55. The lowest BCUT2D eigenvalue weighted by Crippen LogP contribution is -2.53. The number of rotatable bonds is 9. The summed E-state index contributed by atoms with van der Waals surface area (Å²) in [4.78, 5) is 34.8. The molecule has 0 spiro atoms. The Morgan fingerprint density at radius 1 is 1.18 bits per heavy atom. The van der Waals surface area contributed by atoms with Crippen LogP contribution in [0.1, 0.15) is 12.0 Å². The molecule has 0 saturated carbocycles. The molecular weight excluding hydrogens is 535 g/mol. The van der Waals surface area contributed by atoms with Crippen molar-refractivity contribution in [1.29, 1.82) is 0 Å². The number of nitrogens with zero attached hydrogens (tertiary/aromatic N) is 5. The number of aldehydes is 1. The first kappa shape index (κ1) is 27.9. The highest BCUT2D eigenvalue weighted by molar-refractivity contribution is 6.30. The number of likely N-dealkylation sites (tertiary alicyclic amines) is 1. The van der Waals surface area contributed by atoms with Gasteiger partial charge in [0.2, 0.25) is 5.91 Å². The molecule has 1 aromatic carbocycles. The Morgan fingerprint density at radius 2 is 1.95 bits per heavy atom. The van der Waals surface area contributed by atoms with Gasteiger partial charge in [0.25, 0.3) is 0 Å². The average Bonchev–Trinajstić information content (AvgIpc) is 2.91. The normalized spacial score (nSPS) is 18.6. The molecule has 0 radical (unpaired) electrons. The van der Waals surface area contributed by atoms with Gasteiger partial charge in [-0.1, -0.05) is 11.6 Å². The number of likely N-dealkylation sites (N-methyl/N-ethyl adjacent to an activating group) is 1. The second-order valence-corrected chi connectivity index (χ2v) is 10.8. The molecule has 0 atom stereocenters. The van der Waals surface area contributed by atoms with E-state index in [9.17, 15) is 14.0 Å². The van der Waals surface area contributed by atoms with Crippen LogP contribution in [0.2, 0.25) is 5.02 Å². The van der Waals surface area contributed by atoms with E-state index >= 15 is 0 Å². The van der Waals surface area contributed by atoms with E-state index in [-0.39, 0.29) is 11.8 Å². The van der Waals surface area contributed by atoms with Crippen LogP contribution >= 0.6 is 11.6 Å². The minimum atomic E-state index is -0.400. The fourth-order valence-electron chi connectivity index (χ4n) is 4.92. The predicted molar refractivity (Wildman–Crippen MR) is 153 cm³/mol. The zero-order valence-corrected chi connectivity index (χ0v) is 23.4. The number of nitrogens with one attached hydrogen (secondary N) is 3. The smallest absolute Gasteiger partial charge is 0.226 e. The van der Waals surface area contributed by atoms with Gasteiger partial charge in [0.05, 0.1) is 11.4 Å². The first-order valence-electron chi connectivity index (χ1n) is 13.3. The molecule has 3 N–H and O–H groups in total. The van der Waals surface area contributed by atoms with E-state index in [1.807, 2.05) is 11.0 Å². The van der Waals surface area contributed by atoms with Crippen LogP contribution in [0.25, 0.3) is 5.70 Å². The fourth-order valence-corrected chi connectivity index (χ4v) is 5.09. The lowest BCUT2D eigenvalue weighted by molar-refractivity contribution is -0.116. The Hall–Kier alpha value is -3.67. The summed E-state index contributed by atoms with van der Waals surface area (Å²) in [6, 6.07) is 7.98. The molecule has 0 unspecified atom stereocenters. The number of carbonyl (C=O) groups excluding carboxylic acids is 2. The van der Waals surface area contributed by atoms with Gasteiger partial charge in [-0.25, -0.2) is 9.37 Å². The Kier molecular flexibility index (Phi) is 8.53. The zero-order chi connectivity index (χ0) is 28.2. The first-order chi connectivity index (χ1) is 19.3. The average molecular weight is 569 g/mol. The van der Waals surface area contributed by atoms with Gasteiger partial charge in [-0.05, 0) is 37.4 Å². The fraction of sp³-hybridized carbons (Fsp3) is 0.393. The van der Waals surface area contributed by atoms with Gasteiger partial charge in [0, 0.05) is 93.7 Å². The van der Waals surface area contributed by atoms with Crippen molar-refractivity contribution in [3.63, 3.8) is 0 Å². The van der Waals surface area contributed by atoms with Crippen molar-refractivity contribution in [2.75, 3.05) is 70.5 Å². The summed E-state index contributed by atoms with van der Waals surface area (Å²) >= 11 is 6.18. The van der Waals surface area contributed by atoms with Crippen molar-refractivity contribution >= 4 is 41.0 Å². The van der Waals surface area contributed by atoms with Crippen molar-refractivity contribution in [3.05, 3.63) is 70.5 Å². The van der Waals surface area contributed by atoms with Crippen molar-refractivity contribution < 1.29 is 14.0 Å². The summed E-state index contributed by atoms with van der Waals surface area (Å²) in [7, 11) is 3.90. The quantitative estimate of drug-likeness (QED) is 0.395. The zero-order valence-electron chi connectivity index (χ0n) is 22.7. The monoisotopic (exact) mass is 568 g/mol. The number of piperazine rings is 1. The molecule has 10 nitrogen and oxygen atoms in total. The summed E-state index contributed by atoms with van der Waals surface area (Å²) in [6.07, 6.45) is 4.80. The van der Waals surface area contributed by atoms with Gasteiger partial charge in [-0.2, -0.15) is 0 Å². The Labute approximate surface area is 238 Å². The number of amides is 1. The van der Waals surface area contributed by atoms with Crippen LogP contribution < -0.4 is 16.1 Å². The van der Waals surface area contributed by atoms with E-state index in [0.29, 0.717) is 59.5 Å². The number of hydrogen-bond acceptors (Lipinski definition) is 9. The van der Waals surface area contributed by atoms with Crippen LogP contribution in [0.15, 0.2) is 54.1 Å². The molecule has 3 aliphatic heterocycles. The van der Waals surface area contributed by atoms with Gasteiger partial charge in [0.1, 0.15) is 23.7 Å². The Bertz CT molecular complexity index is 1320. The number of anilines is 2. The van der Waals surface area contributed by atoms with Crippen LogP contribution in [0, 0.1) is 11.7 Å². The molecule has 212 valence electrons. The summed E-state index contributed by atoms with van der Waals surface area (Å²) in [6.45, 7) is 5.79. The topological polar surface area (TPSA) is 96.1 Å². The number of hydrazine groups is 1. The highest BCUT2D eigenvalue weighted by Gasteiger charge is 2.32. The highest BCUT2D eigenvalue weighted by Crippen LogP contribution is 2.32. The number of benzene rings is 1. The van der Waals surface area contributed by atoms with Crippen LogP contribution in [0.4, 0.5) is 15.9 Å². The van der Waals surface area contributed by atoms with Gasteiger partial charge >= 0.3 is 0 Å². The van der Waals surface area contributed by atoms with Crippen LogP contribution in [0.3, 0.4) is 0 Å². The molecule has 5 rings (SSSR count). The number of pyridine rings is 1. The van der Waals surface area contributed by atoms with Gasteiger partial charge in [-0.3, -0.25) is 15.2 Å². The van der Waals surface area contributed by atoms with E-state index < -0.39 is 5.82 Å². The Morgan fingerprint density at radius 3 is 2.70 bits per heavy atom. The number of aromatic nitrogens is 1. The SMILES string of the molecule is CN1CCN(CCC(=O)Nc2cc(NC3=C(N4CC(C=O)C4)NN(C)C(c4cc(Cl)ccc4F)=C3)ccn2)CC1. The molecule has 3 aliphatic rings. The first-order valence-corrected chi connectivity index (χ1v) is 13.7. The van der Waals surface area contributed by atoms with E-state index in [0.717, 1.165) is 38.3 Å². The molecule has 2 saturated heterocycles. The molecule has 2 fully saturated rings. The van der Waals surface area contributed by atoms with Gasteiger partial charge < -0.3 is 30.1 Å². The van der Waals surface area contributed by atoms with Gasteiger partial charge in [0.15, 0.2) is 0 Å². The maximum atomic E-state index is 14.8. The van der Waals surface area contributed by atoms with Crippen molar-refractivity contribution in [2.24, 2.45) is 5.92 Å². The standard InChI is InChI=1S/C28H34ClFN8O2/c1-35-9-11-37(12-10-35)8-6-27(40)33-26-14-21(5-7-31-26)32-24-15-25(22-13-20(29)3-4-23(22)30)36(2)34-28(24)38-16-19(17-38)18-39/h3-5,7,13-15,18-19,34H,6,8-12,16-17H2,1-2H3,(H2,31,32,33,40). The number of carbonyl (C=O) groups is 2. The van der Waals surface area contributed by atoms with Crippen LogP contribution in [-0.2, 0) is 9.59 Å². The number of hydrogen-bond donors (Lipinski definition) is 3. The molecule has 0 bridgehead atoms. The Balaban J connectivity index is 1.33. The van der Waals surface area contributed by atoms with Crippen LogP contribution in [0.5, 0.6) is 0 Å². The van der Waals surface area contributed by atoms with Crippen LogP contribution in [-0.4, -0.2) is 96.8 Å². The van der Waals surface area contributed by atoms with E-state index in [1.54, 1.807) is 36.5 Å².